The van der Waals surface area contributed by atoms with E-state index in [1.807, 2.05) is 0 Å². The van der Waals surface area contributed by atoms with Crippen LogP contribution in [0.2, 0.25) is 0 Å². The molecule has 1 saturated carbocycles. The molecule has 0 spiro atoms. The zero-order valence-electron chi connectivity index (χ0n) is 11.9. The Bertz CT molecular complexity index is 445. The van der Waals surface area contributed by atoms with Gasteiger partial charge in [-0.05, 0) is 41.8 Å². The third-order valence-corrected chi connectivity index (χ3v) is 4.80. The SMILES string of the molecule is CCNC1COCC1C(=O)N(Cc1ccsc1)C1CC1. The van der Waals surface area contributed by atoms with Gasteiger partial charge in [-0.1, -0.05) is 6.92 Å². The van der Waals surface area contributed by atoms with Gasteiger partial charge >= 0.3 is 0 Å². The van der Waals surface area contributed by atoms with E-state index in [0.29, 0.717) is 19.3 Å². The van der Waals surface area contributed by atoms with Crippen molar-refractivity contribution in [1.29, 1.82) is 0 Å². The summed E-state index contributed by atoms with van der Waals surface area (Å²) in [6.45, 7) is 4.92. The molecule has 1 amide bonds. The smallest absolute Gasteiger partial charge is 0.230 e. The monoisotopic (exact) mass is 294 g/mol. The average Bonchev–Trinajstić information content (AvgIpc) is 2.97. The molecule has 0 bridgehead atoms. The highest BCUT2D eigenvalue weighted by Crippen LogP contribution is 2.31. The Morgan fingerprint density at radius 3 is 3.00 bits per heavy atom. The fraction of sp³-hybridized carbons (Fsp3) is 0.667. The van der Waals surface area contributed by atoms with E-state index in [1.54, 1.807) is 11.3 Å². The van der Waals surface area contributed by atoms with Crippen LogP contribution in [0.4, 0.5) is 0 Å². The molecule has 1 aromatic heterocycles. The molecule has 2 fully saturated rings. The molecule has 1 aromatic rings. The minimum atomic E-state index is -0.0193. The highest BCUT2D eigenvalue weighted by molar-refractivity contribution is 7.07. The van der Waals surface area contributed by atoms with E-state index in [-0.39, 0.29) is 17.9 Å². The lowest BCUT2D eigenvalue weighted by Gasteiger charge is -2.27. The molecular weight excluding hydrogens is 272 g/mol. The predicted molar refractivity (Wildman–Crippen MR) is 79.7 cm³/mol. The largest absolute Gasteiger partial charge is 0.379 e. The first kappa shape index (κ1) is 14.0. The molecule has 2 aliphatic rings. The number of hydrogen-bond acceptors (Lipinski definition) is 4. The van der Waals surface area contributed by atoms with Crippen molar-refractivity contribution < 1.29 is 9.53 Å². The fourth-order valence-electron chi connectivity index (χ4n) is 2.83. The first-order valence-corrected chi connectivity index (χ1v) is 8.36. The maximum atomic E-state index is 12.8. The van der Waals surface area contributed by atoms with Crippen LogP contribution < -0.4 is 5.32 Å². The third-order valence-electron chi connectivity index (χ3n) is 4.07. The Morgan fingerprint density at radius 2 is 2.35 bits per heavy atom. The molecule has 1 aliphatic carbocycles. The van der Waals surface area contributed by atoms with Crippen LogP contribution in [0.15, 0.2) is 16.8 Å². The molecule has 0 radical (unpaired) electrons. The van der Waals surface area contributed by atoms with Crippen LogP contribution in [-0.2, 0) is 16.1 Å². The van der Waals surface area contributed by atoms with Gasteiger partial charge in [0, 0.05) is 18.6 Å². The van der Waals surface area contributed by atoms with Crippen LogP contribution in [0, 0.1) is 5.92 Å². The summed E-state index contributed by atoms with van der Waals surface area (Å²) in [4.78, 5) is 14.9. The van der Waals surface area contributed by atoms with E-state index in [1.165, 1.54) is 5.56 Å². The summed E-state index contributed by atoms with van der Waals surface area (Å²) in [5, 5.41) is 7.59. The van der Waals surface area contributed by atoms with Crippen molar-refractivity contribution in [2.24, 2.45) is 5.92 Å². The van der Waals surface area contributed by atoms with Crippen molar-refractivity contribution in [3.05, 3.63) is 22.4 Å². The molecule has 1 saturated heterocycles. The van der Waals surface area contributed by atoms with Crippen LogP contribution in [0.5, 0.6) is 0 Å². The van der Waals surface area contributed by atoms with Crippen molar-refractivity contribution in [3.63, 3.8) is 0 Å². The van der Waals surface area contributed by atoms with Crippen LogP contribution >= 0.6 is 11.3 Å². The van der Waals surface area contributed by atoms with Crippen molar-refractivity contribution in [2.75, 3.05) is 19.8 Å². The summed E-state index contributed by atoms with van der Waals surface area (Å²) in [6, 6.07) is 2.74. The molecule has 3 rings (SSSR count). The Labute approximate surface area is 124 Å². The van der Waals surface area contributed by atoms with E-state index in [2.05, 4.69) is 34.0 Å². The van der Waals surface area contributed by atoms with Gasteiger partial charge in [0.1, 0.15) is 0 Å². The van der Waals surface area contributed by atoms with Gasteiger partial charge in [0.25, 0.3) is 0 Å². The molecule has 2 atom stereocenters. The van der Waals surface area contributed by atoms with Crippen molar-refractivity contribution in [1.82, 2.24) is 10.2 Å². The number of likely N-dealkylation sites (N-methyl/N-ethyl adjacent to an activating group) is 1. The number of carbonyl (C=O) groups is 1. The minimum Gasteiger partial charge on any atom is -0.379 e. The summed E-state index contributed by atoms with van der Waals surface area (Å²) >= 11 is 1.69. The number of rotatable bonds is 6. The maximum Gasteiger partial charge on any atom is 0.230 e. The van der Waals surface area contributed by atoms with Gasteiger partial charge in [-0.15, -0.1) is 0 Å². The predicted octanol–water partition coefficient (Wildman–Crippen LogP) is 1.86. The van der Waals surface area contributed by atoms with E-state index < -0.39 is 0 Å². The molecule has 4 nitrogen and oxygen atoms in total. The molecule has 2 unspecified atom stereocenters. The average molecular weight is 294 g/mol. The van der Waals surface area contributed by atoms with E-state index >= 15 is 0 Å². The van der Waals surface area contributed by atoms with Crippen LogP contribution in [-0.4, -0.2) is 42.6 Å². The number of nitrogens with one attached hydrogen (secondary N) is 1. The molecule has 110 valence electrons. The Hall–Kier alpha value is -0.910. The summed E-state index contributed by atoms with van der Waals surface area (Å²) in [6.07, 6.45) is 2.30. The van der Waals surface area contributed by atoms with Gasteiger partial charge in [-0.3, -0.25) is 4.79 Å². The van der Waals surface area contributed by atoms with Gasteiger partial charge in [0.05, 0.1) is 19.1 Å². The third kappa shape index (κ3) is 3.05. The number of ether oxygens (including phenoxy) is 1. The van der Waals surface area contributed by atoms with Gasteiger partial charge in [0.2, 0.25) is 5.91 Å². The molecule has 5 heteroatoms. The summed E-state index contributed by atoms with van der Waals surface area (Å²) in [7, 11) is 0. The summed E-state index contributed by atoms with van der Waals surface area (Å²) < 4.78 is 5.52. The summed E-state index contributed by atoms with van der Waals surface area (Å²) in [5.41, 5.74) is 1.24. The van der Waals surface area contributed by atoms with E-state index in [9.17, 15) is 4.79 Å². The fourth-order valence-corrected chi connectivity index (χ4v) is 3.49. The quantitative estimate of drug-likeness (QED) is 0.871. The van der Waals surface area contributed by atoms with Crippen molar-refractivity contribution in [2.45, 2.75) is 38.4 Å². The Morgan fingerprint density at radius 1 is 1.50 bits per heavy atom. The van der Waals surface area contributed by atoms with E-state index in [4.69, 9.17) is 4.74 Å². The Kier molecular flexibility index (Phi) is 4.38. The Balaban J connectivity index is 1.69. The lowest BCUT2D eigenvalue weighted by molar-refractivity contribution is -0.137. The highest BCUT2D eigenvalue weighted by Gasteiger charge is 2.41. The number of amides is 1. The van der Waals surface area contributed by atoms with Gasteiger partial charge in [-0.2, -0.15) is 11.3 Å². The minimum absolute atomic E-state index is 0.0193. The van der Waals surface area contributed by atoms with E-state index in [0.717, 1.165) is 25.9 Å². The standard InChI is InChI=1S/C15H22N2O2S/c1-2-16-14-9-19-8-13(14)15(18)17(12-3-4-12)7-11-5-6-20-10-11/h5-6,10,12-14,16H,2-4,7-9H2,1H3. The number of nitrogens with zero attached hydrogens (tertiary/aromatic N) is 1. The first-order chi connectivity index (χ1) is 9.79. The number of thiophene rings is 1. The zero-order chi connectivity index (χ0) is 13.9. The van der Waals surface area contributed by atoms with Crippen molar-refractivity contribution in [3.8, 4) is 0 Å². The number of hydrogen-bond donors (Lipinski definition) is 1. The number of carbonyl (C=O) groups excluding carboxylic acids is 1. The lowest BCUT2D eigenvalue weighted by Crippen LogP contribution is -2.46. The second-order valence-corrected chi connectivity index (χ2v) is 6.42. The topological polar surface area (TPSA) is 41.6 Å². The first-order valence-electron chi connectivity index (χ1n) is 7.42. The van der Waals surface area contributed by atoms with Gasteiger partial charge in [-0.25, -0.2) is 0 Å². The molecule has 0 aromatic carbocycles. The molecule has 2 heterocycles. The van der Waals surface area contributed by atoms with Crippen LogP contribution in [0.25, 0.3) is 0 Å². The normalized spacial score (nSPS) is 25.9. The summed E-state index contributed by atoms with van der Waals surface area (Å²) in [5.74, 6) is 0.247. The second-order valence-electron chi connectivity index (χ2n) is 5.64. The maximum absolute atomic E-state index is 12.8. The zero-order valence-corrected chi connectivity index (χ0v) is 12.7. The highest BCUT2D eigenvalue weighted by atomic mass is 32.1. The van der Waals surface area contributed by atoms with Gasteiger partial charge in [0.15, 0.2) is 0 Å². The molecule has 20 heavy (non-hydrogen) atoms. The molecule has 1 N–H and O–H groups in total. The van der Waals surface area contributed by atoms with Crippen LogP contribution in [0.1, 0.15) is 25.3 Å². The van der Waals surface area contributed by atoms with Crippen LogP contribution in [0.3, 0.4) is 0 Å². The lowest BCUT2D eigenvalue weighted by atomic mass is 10.0. The van der Waals surface area contributed by atoms with Gasteiger partial charge < -0.3 is 15.0 Å². The molecular formula is C15H22N2O2S. The second kappa shape index (κ2) is 6.24. The molecule has 1 aliphatic heterocycles. The van der Waals surface area contributed by atoms with Crippen molar-refractivity contribution >= 4 is 17.2 Å².